The number of pyridine rings is 1. The van der Waals surface area contributed by atoms with Gasteiger partial charge in [0, 0.05) is 17.3 Å². The molecule has 0 spiro atoms. The zero-order valence-corrected chi connectivity index (χ0v) is 11.8. The van der Waals surface area contributed by atoms with Crippen LogP contribution >= 0.6 is 27.5 Å². The van der Waals surface area contributed by atoms with Crippen LogP contribution in [0.15, 0.2) is 39.5 Å². The smallest absolute Gasteiger partial charge is 0.145 e. The first kappa shape index (κ1) is 13.4. The summed E-state index contributed by atoms with van der Waals surface area (Å²) in [6, 6.07) is 5.25. The Kier molecular flexibility index (Phi) is 4.63. The van der Waals surface area contributed by atoms with Gasteiger partial charge in [0.15, 0.2) is 0 Å². The van der Waals surface area contributed by atoms with E-state index in [9.17, 15) is 0 Å². The Morgan fingerprint density at radius 1 is 1.56 bits per heavy atom. The number of rotatable bonds is 5. The van der Waals surface area contributed by atoms with Crippen molar-refractivity contribution in [2.45, 2.75) is 12.5 Å². The van der Waals surface area contributed by atoms with E-state index in [4.69, 9.17) is 21.1 Å². The first-order valence-corrected chi connectivity index (χ1v) is 6.59. The highest BCUT2D eigenvalue weighted by Crippen LogP contribution is 2.28. The third kappa shape index (κ3) is 3.25. The van der Waals surface area contributed by atoms with E-state index in [-0.39, 0.29) is 12.6 Å². The predicted molar refractivity (Wildman–Crippen MR) is 73.7 cm³/mol. The third-order valence-electron chi connectivity index (χ3n) is 2.42. The molecule has 1 atom stereocenters. The van der Waals surface area contributed by atoms with Gasteiger partial charge in [0.2, 0.25) is 0 Å². The molecule has 0 amide bonds. The number of aliphatic hydroxyl groups is 1. The van der Waals surface area contributed by atoms with Crippen molar-refractivity contribution in [1.29, 1.82) is 0 Å². The summed E-state index contributed by atoms with van der Waals surface area (Å²) in [6.45, 7) is 0.0481. The van der Waals surface area contributed by atoms with Crippen LogP contribution in [-0.2, 0) is 0 Å². The summed E-state index contributed by atoms with van der Waals surface area (Å²) in [5, 5.41) is 12.8. The maximum absolute atomic E-state index is 9.08. The summed E-state index contributed by atoms with van der Waals surface area (Å²) in [5.74, 6) is 1.31. The molecule has 96 valence electrons. The molecule has 2 N–H and O–H groups in total. The number of anilines is 1. The van der Waals surface area contributed by atoms with E-state index in [1.54, 1.807) is 24.6 Å². The number of hydrogen-bond donors (Lipinski definition) is 2. The van der Waals surface area contributed by atoms with Crippen molar-refractivity contribution in [2.24, 2.45) is 0 Å². The van der Waals surface area contributed by atoms with E-state index in [1.165, 1.54) is 0 Å². The summed E-state index contributed by atoms with van der Waals surface area (Å²) in [5.41, 5.74) is 0. The highest BCUT2D eigenvalue weighted by Gasteiger charge is 2.15. The van der Waals surface area contributed by atoms with Crippen molar-refractivity contribution in [3.8, 4) is 0 Å². The molecule has 0 saturated heterocycles. The molecule has 2 aromatic rings. The molecule has 0 aliphatic carbocycles. The van der Waals surface area contributed by atoms with Crippen LogP contribution in [-0.4, -0.2) is 16.7 Å². The van der Waals surface area contributed by atoms with Crippen molar-refractivity contribution in [1.82, 2.24) is 4.98 Å². The second kappa shape index (κ2) is 6.22. The molecule has 18 heavy (non-hydrogen) atoms. The van der Waals surface area contributed by atoms with E-state index in [2.05, 4.69) is 26.2 Å². The summed E-state index contributed by atoms with van der Waals surface area (Å²) in [4.78, 5) is 4.20. The van der Waals surface area contributed by atoms with Crippen LogP contribution in [0.3, 0.4) is 0 Å². The quantitative estimate of drug-likeness (QED) is 0.878. The molecule has 4 nitrogen and oxygen atoms in total. The minimum Gasteiger partial charge on any atom is -0.467 e. The molecule has 0 bridgehead atoms. The van der Waals surface area contributed by atoms with Crippen LogP contribution in [0.5, 0.6) is 0 Å². The molecule has 6 heteroatoms. The molecule has 0 radical (unpaired) electrons. The number of nitrogens with one attached hydrogen (secondary N) is 1. The second-order valence-corrected chi connectivity index (χ2v) is 5.03. The minimum atomic E-state index is -0.156. The summed E-state index contributed by atoms with van der Waals surface area (Å²) < 4.78 is 6.14. The fourth-order valence-electron chi connectivity index (χ4n) is 1.59. The predicted octanol–water partition coefficient (Wildman–Crippen LogP) is 3.63. The Morgan fingerprint density at radius 3 is 3.00 bits per heavy atom. The second-order valence-electron chi connectivity index (χ2n) is 3.71. The normalized spacial score (nSPS) is 12.4. The molecule has 0 aliphatic rings. The van der Waals surface area contributed by atoms with Gasteiger partial charge < -0.3 is 14.8 Å². The first-order valence-electron chi connectivity index (χ1n) is 5.42. The molecule has 2 heterocycles. The fourth-order valence-corrected chi connectivity index (χ4v) is 2.27. The number of halogens is 2. The Morgan fingerprint density at radius 2 is 2.39 bits per heavy atom. The Bertz CT molecular complexity index is 505. The maximum Gasteiger partial charge on any atom is 0.145 e. The molecule has 2 rings (SSSR count). The standard InChI is InChI=1S/C12H12BrClN2O2/c13-8-6-9(14)12(15-7-8)16-10(3-4-17)11-2-1-5-18-11/h1-2,5-7,10,17H,3-4H2,(H,15,16)/t10-/m0/s1. The molecular weight excluding hydrogens is 320 g/mol. The van der Waals surface area contributed by atoms with E-state index < -0.39 is 0 Å². The van der Waals surface area contributed by atoms with Gasteiger partial charge in [-0.25, -0.2) is 4.98 Å². The van der Waals surface area contributed by atoms with Crippen LogP contribution in [0.4, 0.5) is 5.82 Å². The monoisotopic (exact) mass is 330 g/mol. The number of aliphatic hydroxyl groups excluding tert-OH is 1. The topological polar surface area (TPSA) is 58.3 Å². The Hall–Kier alpha value is -1.04. The van der Waals surface area contributed by atoms with Gasteiger partial charge in [0.25, 0.3) is 0 Å². The molecular formula is C12H12BrClN2O2. The van der Waals surface area contributed by atoms with Crippen LogP contribution < -0.4 is 5.32 Å². The van der Waals surface area contributed by atoms with E-state index in [0.717, 1.165) is 10.2 Å². The largest absolute Gasteiger partial charge is 0.467 e. The van der Waals surface area contributed by atoms with Crippen molar-refractivity contribution in [2.75, 3.05) is 11.9 Å². The Balaban J connectivity index is 2.18. The average Bonchev–Trinajstić information content (AvgIpc) is 2.85. The lowest BCUT2D eigenvalue weighted by atomic mass is 10.1. The molecule has 0 fully saturated rings. The average molecular weight is 332 g/mol. The minimum absolute atomic E-state index is 0.0481. The lowest BCUT2D eigenvalue weighted by molar-refractivity contribution is 0.273. The van der Waals surface area contributed by atoms with Crippen LogP contribution in [0.2, 0.25) is 5.02 Å². The van der Waals surface area contributed by atoms with E-state index in [0.29, 0.717) is 17.3 Å². The van der Waals surface area contributed by atoms with Gasteiger partial charge in [-0.3, -0.25) is 0 Å². The van der Waals surface area contributed by atoms with Crippen LogP contribution in [0.25, 0.3) is 0 Å². The third-order valence-corrected chi connectivity index (χ3v) is 3.14. The zero-order chi connectivity index (χ0) is 13.0. The lowest BCUT2D eigenvalue weighted by Crippen LogP contribution is -2.13. The Labute approximate surface area is 118 Å². The molecule has 0 aromatic carbocycles. The van der Waals surface area contributed by atoms with E-state index >= 15 is 0 Å². The lowest BCUT2D eigenvalue weighted by Gasteiger charge is -2.17. The zero-order valence-electron chi connectivity index (χ0n) is 9.44. The van der Waals surface area contributed by atoms with Crippen LogP contribution in [0.1, 0.15) is 18.2 Å². The van der Waals surface area contributed by atoms with Crippen molar-refractivity contribution in [3.05, 3.63) is 45.9 Å². The number of hydrogen-bond acceptors (Lipinski definition) is 4. The number of nitrogens with zero attached hydrogens (tertiary/aromatic N) is 1. The highest BCUT2D eigenvalue weighted by molar-refractivity contribution is 9.10. The van der Waals surface area contributed by atoms with Gasteiger partial charge in [-0.05, 0) is 40.5 Å². The fraction of sp³-hybridized carbons (Fsp3) is 0.250. The van der Waals surface area contributed by atoms with Gasteiger partial charge >= 0.3 is 0 Å². The summed E-state index contributed by atoms with van der Waals surface area (Å²) >= 11 is 9.39. The van der Waals surface area contributed by atoms with Gasteiger partial charge in [0.05, 0.1) is 17.3 Å². The van der Waals surface area contributed by atoms with Gasteiger partial charge in [-0.1, -0.05) is 11.6 Å². The number of furan rings is 1. The maximum atomic E-state index is 9.08. The van der Waals surface area contributed by atoms with Gasteiger partial charge in [0.1, 0.15) is 11.6 Å². The highest BCUT2D eigenvalue weighted by atomic mass is 79.9. The SMILES string of the molecule is OCC[C@H](Nc1ncc(Br)cc1Cl)c1ccco1. The van der Waals surface area contributed by atoms with Crippen LogP contribution in [0, 0.1) is 0 Å². The summed E-state index contributed by atoms with van der Waals surface area (Å²) in [6.07, 6.45) is 3.77. The van der Waals surface area contributed by atoms with Crippen molar-refractivity contribution in [3.63, 3.8) is 0 Å². The van der Waals surface area contributed by atoms with Gasteiger partial charge in [-0.2, -0.15) is 0 Å². The molecule has 0 saturated carbocycles. The van der Waals surface area contributed by atoms with Crippen molar-refractivity contribution >= 4 is 33.3 Å². The number of aromatic nitrogens is 1. The molecule has 0 unspecified atom stereocenters. The molecule has 0 aliphatic heterocycles. The van der Waals surface area contributed by atoms with Crippen molar-refractivity contribution < 1.29 is 9.52 Å². The van der Waals surface area contributed by atoms with Gasteiger partial charge in [-0.15, -0.1) is 0 Å². The summed E-state index contributed by atoms with van der Waals surface area (Å²) in [7, 11) is 0. The molecule has 2 aromatic heterocycles. The first-order chi connectivity index (χ1) is 8.70. The van der Waals surface area contributed by atoms with E-state index in [1.807, 2.05) is 6.07 Å².